The number of rotatable bonds is 7. The van der Waals surface area contributed by atoms with Gasteiger partial charge in [-0.1, -0.05) is 60.7 Å². The molecule has 0 bridgehead atoms. The topological polar surface area (TPSA) is 32.8 Å². The SMILES string of the molecule is COCCN1CCN(C(=O)CC(c2ccccc2)c2ccccc2)CC1. The lowest BCUT2D eigenvalue weighted by molar-refractivity contribution is -0.133. The standard InChI is InChI=1S/C22H28N2O2/c1-26-17-16-23-12-14-24(15-13-23)22(25)18-21(19-8-4-2-5-9-19)20-10-6-3-7-11-20/h2-11,21H,12-18H2,1H3. The minimum absolute atomic E-state index is 0.108. The van der Waals surface area contributed by atoms with Gasteiger partial charge in [-0.2, -0.15) is 0 Å². The first-order valence-electron chi connectivity index (χ1n) is 9.37. The summed E-state index contributed by atoms with van der Waals surface area (Å²) in [5, 5.41) is 0. The molecule has 2 aromatic carbocycles. The van der Waals surface area contributed by atoms with Gasteiger partial charge in [0.25, 0.3) is 0 Å². The molecule has 1 amide bonds. The molecule has 0 saturated carbocycles. The van der Waals surface area contributed by atoms with Crippen molar-refractivity contribution in [3.63, 3.8) is 0 Å². The summed E-state index contributed by atoms with van der Waals surface area (Å²) in [4.78, 5) is 17.3. The molecule has 0 radical (unpaired) electrons. The summed E-state index contributed by atoms with van der Waals surface area (Å²) in [6, 6.07) is 20.7. The van der Waals surface area contributed by atoms with Crippen LogP contribution in [0.4, 0.5) is 0 Å². The minimum Gasteiger partial charge on any atom is -0.383 e. The third kappa shape index (κ3) is 4.93. The number of amides is 1. The third-order valence-corrected chi connectivity index (χ3v) is 5.12. The number of methoxy groups -OCH3 is 1. The Morgan fingerprint density at radius 1 is 0.923 bits per heavy atom. The van der Waals surface area contributed by atoms with E-state index in [-0.39, 0.29) is 11.8 Å². The Labute approximate surface area is 156 Å². The van der Waals surface area contributed by atoms with Gasteiger partial charge in [0.15, 0.2) is 0 Å². The number of ether oxygens (including phenoxy) is 1. The van der Waals surface area contributed by atoms with E-state index in [0.29, 0.717) is 6.42 Å². The van der Waals surface area contributed by atoms with Crippen LogP contribution < -0.4 is 0 Å². The van der Waals surface area contributed by atoms with E-state index in [4.69, 9.17) is 4.74 Å². The van der Waals surface area contributed by atoms with Crippen molar-refractivity contribution in [3.05, 3.63) is 71.8 Å². The molecule has 1 aliphatic heterocycles. The Balaban J connectivity index is 1.65. The van der Waals surface area contributed by atoms with Gasteiger partial charge in [-0.15, -0.1) is 0 Å². The number of hydrogen-bond acceptors (Lipinski definition) is 3. The molecule has 1 heterocycles. The Morgan fingerprint density at radius 2 is 1.46 bits per heavy atom. The normalized spacial score (nSPS) is 15.4. The summed E-state index contributed by atoms with van der Waals surface area (Å²) in [6.45, 7) is 5.15. The lowest BCUT2D eigenvalue weighted by Gasteiger charge is -2.35. The van der Waals surface area contributed by atoms with Gasteiger partial charge in [-0.3, -0.25) is 9.69 Å². The Bertz CT molecular complexity index is 628. The van der Waals surface area contributed by atoms with E-state index in [1.165, 1.54) is 11.1 Å². The molecule has 4 heteroatoms. The zero-order chi connectivity index (χ0) is 18.2. The molecule has 0 spiro atoms. The van der Waals surface area contributed by atoms with Crippen molar-refractivity contribution in [2.45, 2.75) is 12.3 Å². The molecule has 0 unspecified atom stereocenters. The van der Waals surface area contributed by atoms with Crippen molar-refractivity contribution >= 4 is 5.91 Å². The molecule has 0 aliphatic carbocycles. The molecule has 138 valence electrons. The first-order valence-corrected chi connectivity index (χ1v) is 9.37. The van der Waals surface area contributed by atoms with Crippen molar-refractivity contribution in [2.75, 3.05) is 46.4 Å². The van der Waals surface area contributed by atoms with Gasteiger partial charge in [0.05, 0.1) is 6.61 Å². The molecule has 0 N–H and O–H groups in total. The fourth-order valence-electron chi connectivity index (χ4n) is 3.54. The van der Waals surface area contributed by atoms with Crippen molar-refractivity contribution in [1.29, 1.82) is 0 Å². The molecule has 3 rings (SSSR count). The van der Waals surface area contributed by atoms with Crippen LogP contribution in [0.3, 0.4) is 0 Å². The monoisotopic (exact) mass is 352 g/mol. The summed E-state index contributed by atoms with van der Waals surface area (Å²) in [5.41, 5.74) is 2.40. The zero-order valence-electron chi connectivity index (χ0n) is 15.5. The van der Waals surface area contributed by atoms with E-state index in [1.807, 2.05) is 41.3 Å². The lowest BCUT2D eigenvalue weighted by atomic mass is 9.88. The molecule has 0 atom stereocenters. The number of carbonyl (C=O) groups is 1. The summed E-state index contributed by atoms with van der Waals surface area (Å²) in [7, 11) is 1.73. The maximum absolute atomic E-state index is 13.0. The van der Waals surface area contributed by atoms with E-state index in [9.17, 15) is 4.79 Å². The van der Waals surface area contributed by atoms with Crippen LogP contribution in [0.2, 0.25) is 0 Å². The van der Waals surface area contributed by atoms with Gasteiger partial charge in [-0.05, 0) is 11.1 Å². The van der Waals surface area contributed by atoms with Crippen molar-refractivity contribution in [1.82, 2.24) is 9.80 Å². The molecule has 0 aromatic heterocycles. The zero-order valence-corrected chi connectivity index (χ0v) is 15.5. The molecule has 26 heavy (non-hydrogen) atoms. The molecular weight excluding hydrogens is 324 g/mol. The van der Waals surface area contributed by atoms with Crippen molar-refractivity contribution in [3.8, 4) is 0 Å². The highest BCUT2D eigenvalue weighted by Crippen LogP contribution is 2.28. The number of carbonyl (C=O) groups excluding carboxylic acids is 1. The third-order valence-electron chi connectivity index (χ3n) is 5.12. The van der Waals surface area contributed by atoms with Gasteiger partial charge in [0.1, 0.15) is 0 Å². The van der Waals surface area contributed by atoms with Crippen LogP contribution in [-0.2, 0) is 9.53 Å². The van der Waals surface area contributed by atoms with E-state index in [2.05, 4.69) is 29.2 Å². The second-order valence-electron chi connectivity index (χ2n) is 6.79. The van der Waals surface area contributed by atoms with Gasteiger partial charge >= 0.3 is 0 Å². The fourth-order valence-corrected chi connectivity index (χ4v) is 3.54. The quantitative estimate of drug-likeness (QED) is 0.768. The maximum atomic E-state index is 13.0. The second kappa shape index (κ2) is 9.51. The predicted molar refractivity (Wildman–Crippen MR) is 104 cm³/mol. The second-order valence-corrected chi connectivity index (χ2v) is 6.79. The smallest absolute Gasteiger partial charge is 0.223 e. The summed E-state index contributed by atoms with van der Waals surface area (Å²) < 4.78 is 5.15. The van der Waals surface area contributed by atoms with Crippen LogP contribution >= 0.6 is 0 Å². The summed E-state index contributed by atoms with van der Waals surface area (Å²) in [6.07, 6.45) is 0.520. The predicted octanol–water partition coefficient (Wildman–Crippen LogP) is 3.00. The summed E-state index contributed by atoms with van der Waals surface area (Å²) in [5.74, 6) is 0.352. The lowest BCUT2D eigenvalue weighted by Crippen LogP contribution is -2.49. The number of benzene rings is 2. The Kier molecular flexibility index (Phi) is 6.81. The van der Waals surface area contributed by atoms with Crippen molar-refractivity contribution < 1.29 is 9.53 Å². The average molecular weight is 352 g/mol. The first kappa shape index (κ1) is 18.6. The van der Waals surface area contributed by atoms with Gasteiger partial charge in [0, 0.05) is 52.2 Å². The molecule has 2 aromatic rings. The fraction of sp³-hybridized carbons (Fsp3) is 0.409. The number of nitrogens with zero attached hydrogens (tertiary/aromatic N) is 2. The van der Waals surface area contributed by atoms with Gasteiger partial charge < -0.3 is 9.64 Å². The van der Waals surface area contributed by atoms with E-state index in [0.717, 1.165) is 39.3 Å². The minimum atomic E-state index is 0.108. The highest BCUT2D eigenvalue weighted by Gasteiger charge is 2.25. The molecule has 4 nitrogen and oxygen atoms in total. The van der Waals surface area contributed by atoms with E-state index < -0.39 is 0 Å². The van der Waals surface area contributed by atoms with Crippen LogP contribution in [0.15, 0.2) is 60.7 Å². The first-order chi connectivity index (χ1) is 12.8. The largest absolute Gasteiger partial charge is 0.383 e. The van der Waals surface area contributed by atoms with Crippen LogP contribution in [0.25, 0.3) is 0 Å². The number of piperazine rings is 1. The molecule has 1 aliphatic rings. The van der Waals surface area contributed by atoms with Crippen LogP contribution in [0, 0.1) is 0 Å². The Morgan fingerprint density at radius 3 is 1.96 bits per heavy atom. The number of hydrogen-bond donors (Lipinski definition) is 0. The van der Waals surface area contributed by atoms with Gasteiger partial charge in [-0.25, -0.2) is 0 Å². The van der Waals surface area contributed by atoms with Crippen molar-refractivity contribution in [2.24, 2.45) is 0 Å². The average Bonchev–Trinajstić information content (AvgIpc) is 2.72. The Hall–Kier alpha value is -2.17. The molecular formula is C22H28N2O2. The molecule has 1 saturated heterocycles. The highest BCUT2D eigenvalue weighted by molar-refractivity contribution is 5.78. The van der Waals surface area contributed by atoms with E-state index in [1.54, 1.807) is 7.11 Å². The van der Waals surface area contributed by atoms with Crippen LogP contribution in [0.5, 0.6) is 0 Å². The van der Waals surface area contributed by atoms with Gasteiger partial charge in [0.2, 0.25) is 5.91 Å². The highest BCUT2D eigenvalue weighted by atomic mass is 16.5. The van der Waals surface area contributed by atoms with Crippen LogP contribution in [0.1, 0.15) is 23.5 Å². The summed E-state index contributed by atoms with van der Waals surface area (Å²) >= 11 is 0. The van der Waals surface area contributed by atoms with E-state index >= 15 is 0 Å². The maximum Gasteiger partial charge on any atom is 0.223 e. The van der Waals surface area contributed by atoms with Crippen LogP contribution in [-0.4, -0.2) is 62.1 Å². The molecule has 1 fully saturated rings.